The Balaban J connectivity index is 2.15. The molecule has 0 unspecified atom stereocenters. The Labute approximate surface area is 109 Å². The molecule has 0 spiro atoms. The Morgan fingerprint density at radius 2 is 2.06 bits per heavy atom. The number of nitrogens with one attached hydrogen (secondary N) is 1. The highest BCUT2D eigenvalue weighted by Gasteiger charge is 2.24. The molecule has 104 valence electrons. The standard InChI is InChI=1S/C13H24N2O3/c1-11(16)15(8-4-10-18-2)9-7-14-13(17)12-5-3-6-12/h12H,3-10H2,1-2H3,(H,14,17). The first-order valence-electron chi connectivity index (χ1n) is 6.67. The van der Waals surface area contributed by atoms with Crippen molar-refractivity contribution in [3.05, 3.63) is 0 Å². The summed E-state index contributed by atoms with van der Waals surface area (Å²) in [5.74, 6) is 0.398. The maximum Gasteiger partial charge on any atom is 0.223 e. The molecule has 1 rings (SSSR count). The summed E-state index contributed by atoms with van der Waals surface area (Å²) in [7, 11) is 1.65. The van der Waals surface area contributed by atoms with Gasteiger partial charge in [0.05, 0.1) is 0 Å². The van der Waals surface area contributed by atoms with Crippen LogP contribution in [0.5, 0.6) is 0 Å². The summed E-state index contributed by atoms with van der Waals surface area (Å²) in [6.07, 6.45) is 4.01. The minimum atomic E-state index is 0.0454. The summed E-state index contributed by atoms with van der Waals surface area (Å²) < 4.78 is 4.96. The van der Waals surface area contributed by atoms with Gasteiger partial charge in [-0.25, -0.2) is 0 Å². The van der Waals surface area contributed by atoms with Crippen molar-refractivity contribution in [3.8, 4) is 0 Å². The zero-order valence-electron chi connectivity index (χ0n) is 11.4. The Kier molecular flexibility index (Phi) is 6.72. The number of hydrogen-bond donors (Lipinski definition) is 1. The normalized spacial score (nSPS) is 15.0. The predicted octanol–water partition coefficient (Wildman–Crippen LogP) is 0.788. The van der Waals surface area contributed by atoms with Gasteiger partial charge in [0.25, 0.3) is 0 Å². The van der Waals surface area contributed by atoms with Crippen molar-refractivity contribution in [2.45, 2.75) is 32.6 Å². The van der Waals surface area contributed by atoms with E-state index >= 15 is 0 Å². The van der Waals surface area contributed by atoms with Crippen LogP contribution in [0.3, 0.4) is 0 Å². The van der Waals surface area contributed by atoms with Crippen molar-refractivity contribution in [2.24, 2.45) is 5.92 Å². The first-order chi connectivity index (χ1) is 8.65. The van der Waals surface area contributed by atoms with E-state index in [1.807, 2.05) is 0 Å². The fraction of sp³-hybridized carbons (Fsp3) is 0.846. The number of carbonyl (C=O) groups excluding carboxylic acids is 2. The number of amides is 2. The van der Waals surface area contributed by atoms with Crippen molar-refractivity contribution in [1.82, 2.24) is 10.2 Å². The van der Waals surface area contributed by atoms with Gasteiger partial charge in [0.1, 0.15) is 0 Å². The van der Waals surface area contributed by atoms with Gasteiger partial charge in [0.2, 0.25) is 11.8 Å². The fourth-order valence-corrected chi connectivity index (χ4v) is 1.96. The van der Waals surface area contributed by atoms with Crippen molar-refractivity contribution in [2.75, 3.05) is 33.4 Å². The van der Waals surface area contributed by atoms with Gasteiger partial charge >= 0.3 is 0 Å². The molecule has 2 amide bonds. The third-order valence-corrected chi connectivity index (χ3v) is 3.38. The van der Waals surface area contributed by atoms with Gasteiger partial charge in [-0.3, -0.25) is 9.59 Å². The summed E-state index contributed by atoms with van der Waals surface area (Å²) in [5, 5.41) is 2.90. The monoisotopic (exact) mass is 256 g/mol. The van der Waals surface area contributed by atoms with Crippen LogP contribution in [-0.4, -0.2) is 50.1 Å². The van der Waals surface area contributed by atoms with Gasteiger partial charge in [0.15, 0.2) is 0 Å². The van der Waals surface area contributed by atoms with Crippen molar-refractivity contribution in [3.63, 3.8) is 0 Å². The summed E-state index contributed by atoms with van der Waals surface area (Å²) in [6.45, 7) is 4.01. The summed E-state index contributed by atoms with van der Waals surface area (Å²) in [6, 6.07) is 0. The second-order valence-electron chi connectivity index (χ2n) is 4.77. The minimum Gasteiger partial charge on any atom is -0.385 e. The maximum absolute atomic E-state index is 11.6. The van der Waals surface area contributed by atoms with Gasteiger partial charge < -0.3 is 15.0 Å². The third-order valence-electron chi connectivity index (χ3n) is 3.38. The molecule has 0 atom stereocenters. The Hall–Kier alpha value is -1.10. The van der Waals surface area contributed by atoms with Gasteiger partial charge in [-0.1, -0.05) is 6.42 Å². The fourth-order valence-electron chi connectivity index (χ4n) is 1.96. The number of hydrogen-bond acceptors (Lipinski definition) is 3. The highest BCUT2D eigenvalue weighted by atomic mass is 16.5. The molecule has 0 heterocycles. The predicted molar refractivity (Wildman–Crippen MR) is 69.1 cm³/mol. The van der Waals surface area contributed by atoms with Crippen LogP contribution in [0.4, 0.5) is 0 Å². The highest BCUT2D eigenvalue weighted by Crippen LogP contribution is 2.25. The van der Waals surface area contributed by atoms with E-state index in [4.69, 9.17) is 4.74 Å². The van der Waals surface area contributed by atoms with E-state index in [-0.39, 0.29) is 17.7 Å². The van der Waals surface area contributed by atoms with Crippen LogP contribution in [0, 0.1) is 5.92 Å². The van der Waals surface area contributed by atoms with E-state index in [0.717, 1.165) is 25.7 Å². The number of ether oxygens (including phenoxy) is 1. The summed E-state index contributed by atoms with van der Waals surface area (Å²) in [4.78, 5) is 24.7. The number of carbonyl (C=O) groups is 2. The largest absolute Gasteiger partial charge is 0.385 e. The molecule has 18 heavy (non-hydrogen) atoms. The molecule has 5 nitrogen and oxygen atoms in total. The zero-order chi connectivity index (χ0) is 13.4. The molecular weight excluding hydrogens is 232 g/mol. The maximum atomic E-state index is 11.6. The molecule has 0 aromatic rings. The Morgan fingerprint density at radius 1 is 1.33 bits per heavy atom. The van der Waals surface area contributed by atoms with Crippen molar-refractivity contribution < 1.29 is 14.3 Å². The lowest BCUT2D eigenvalue weighted by Gasteiger charge is -2.25. The lowest BCUT2D eigenvalue weighted by molar-refractivity contribution is -0.131. The molecule has 1 aliphatic rings. The van der Waals surface area contributed by atoms with Crippen molar-refractivity contribution >= 4 is 11.8 Å². The van der Waals surface area contributed by atoms with Gasteiger partial charge in [-0.05, 0) is 19.3 Å². The van der Waals surface area contributed by atoms with Gasteiger partial charge in [-0.15, -0.1) is 0 Å². The van der Waals surface area contributed by atoms with Crippen LogP contribution in [0.1, 0.15) is 32.6 Å². The summed E-state index contributed by atoms with van der Waals surface area (Å²) in [5.41, 5.74) is 0. The topological polar surface area (TPSA) is 58.6 Å². The van der Waals surface area contributed by atoms with E-state index < -0.39 is 0 Å². The molecular formula is C13H24N2O3. The average Bonchev–Trinajstić information content (AvgIpc) is 2.24. The molecule has 1 N–H and O–H groups in total. The molecule has 0 aliphatic heterocycles. The smallest absolute Gasteiger partial charge is 0.223 e. The van der Waals surface area contributed by atoms with Crippen LogP contribution in [0.15, 0.2) is 0 Å². The zero-order valence-corrected chi connectivity index (χ0v) is 11.4. The second kappa shape index (κ2) is 8.08. The first kappa shape index (κ1) is 15.0. The van der Waals surface area contributed by atoms with Crippen molar-refractivity contribution in [1.29, 1.82) is 0 Å². The van der Waals surface area contributed by atoms with Crippen LogP contribution >= 0.6 is 0 Å². The van der Waals surface area contributed by atoms with Gasteiger partial charge in [0, 0.05) is 46.2 Å². The quantitative estimate of drug-likeness (QED) is 0.653. The first-order valence-corrected chi connectivity index (χ1v) is 6.67. The molecule has 5 heteroatoms. The minimum absolute atomic E-state index is 0.0454. The molecule has 0 bridgehead atoms. The lowest BCUT2D eigenvalue weighted by Crippen LogP contribution is -2.41. The molecule has 0 radical (unpaired) electrons. The Morgan fingerprint density at radius 3 is 2.56 bits per heavy atom. The van der Waals surface area contributed by atoms with Crippen LogP contribution in [0.25, 0.3) is 0 Å². The molecule has 1 aliphatic carbocycles. The highest BCUT2D eigenvalue weighted by molar-refractivity contribution is 5.79. The average molecular weight is 256 g/mol. The SMILES string of the molecule is COCCCN(CCNC(=O)C1CCC1)C(C)=O. The number of rotatable bonds is 8. The molecule has 0 aromatic carbocycles. The van der Waals surface area contributed by atoms with E-state index in [1.165, 1.54) is 0 Å². The lowest BCUT2D eigenvalue weighted by atomic mass is 9.85. The molecule has 0 saturated heterocycles. The van der Waals surface area contributed by atoms with E-state index in [0.29, 0.717) is 26.2 Å². The summed E-state index contributed by atoms with van der Waals surface area (Å²) >= 11 is 0. The van der Waals surface area contributed by atoms with E-state index in [2.05, 4.69) is 5.32 Å². The van der Waals surface area contributed by atoms with E-state index in [1.54, 1.807) is 18.9 Å². The molecule has 1 fully saturated rings. The number of nitrogens with zero attached hydrogens (tertiary/aromatic N) is 1. The second-order valence-corrected chi connectivity index (χ2v) is 4.77. The molecule has 0 aromatic heterocycles. The number of methoxy groups -OCH3 is 1. The third kappa shape index (κ3) is 5.04. The van der Waals surface area contributed by atoms with Crippen LogP contribution < -0.4 is 5.32 Å². The van der Waals surface area contributed by atoms with Crippen LogP contribution in [-0.2, 0) is 14.3 Å². The Bertz CT molecular complexity index is 277. The molecule has 1 saturated carbocycles. The van der Waals surface area contributed by atoms with E-state index in [9.17, 15) is 9.59 Å². The van der Waals surface area contributed by atoms with Crippen LogP contribution in [0.2, 0.25) is 0 Å². The van der Waals surface area contributed by atoms with Gasteiger partial charge in [-0.2, -0.15) is 0 Å².